The quantitative estimate of drug-likeness (QED) is 0.810. The standard InChI is InChI=1S/C15H21NO4/c1-4-9-16(10-14(18)20-5-2)15(19)12-7-6-8-13(17)11(12)3/h6-8,17H,4-5,9-10H2,1-3H3. The van der Waals surface area contributed by atoms with Crippen LogP contribution in [0.4, 0.5) is 0 Å². The Kier molecular flexibility index (Phi) is 6.03. The fourth-order valence-corrected chi connectivity index (χ4v) is 1.91. The molecule has 1 aromatic carbocycles. The van der Waals surface area contributed by atoms with Crippen molar-refractivity contribution in [1.82, 2.24) is 4.90 Å². The van der Waals surface area contributed by atoms with Gasteiger partial charge in [-0.3, -0.25) is 9.59 Å². The van der Waals surface area contributed by atoms with Crippen LogP contribution >= 0.6 is 0 Å². The Bertz CT molecular complexity index is 485. The van der Waals surface area contributed by atoms with Gasteiger partial charge in [0, 0.05) is 17.7 Å². The number of hydrogen-bond acceptors (Lipinski definition) is 4. The monoisotopic (exact) mass is 279 g/mol. The van der Waals surface area contributed by atoms with Crippen LogP contribution < -0.4 is 0 Å². The maximum atomic E-state index is 12.5. The molecule has 0 bridgehead atoms. The van der Waals surface area contributed by atoms with E-state index < -0.39 is 5.97 Å². The second kappa shape index (κ2) is 7.53. The van der Waals surface area contributed by atoms with E-state index in [1.54, 1.807) is 26.0 Å². The number of carbonyl (C=O) groups is 2. The van der Waals surface area contributed by atoms with Crippen LogP contribution in [-0.2, 0) is 9.53 Å². The second-order valence-corrected chi connectivity index (χ2v) is 4.48. The van der Waals surface area contributed by atoms with Crippen LogP contribution in [0.15, 0.2) is 18.2 Å². The van der Waals surface area contributed by atoms with Crippen LogP contribution in [0.5, 0.6) is 5.75 Å². The van der Waals surface area contributed by atoms with Crippen LogP contribution in [0.3, 0.4) is 0 Å². The summed E-state index contributed by atoms with van der Waals surface area (Å²) in [6.07, 6.45) is 0.739. The molecular weight excluding hydrogens is 258 g/mol. The highest BCUT2D eigenvalue weighted by Gasteiger charge is 2.21. The van der Waals surface area contributed by atoms with Crippen LogP contribution in [0, 0.1) is 6.92 Å². The molecule has 20 heavy (non-hydrogen) atoms. The largest absolute Gasteiger partial charge is 0.508 e. The number of nitrogens with zero attached hydrogens (tertiary/aromatic N) is 1. The van der Waals surface area contributed by atoms with Crippen molar-refractivity contribution in [2.24, 2.45) is 0 Å². The lowest BCUT2D eigenvalue weighted by molar-refractivity contribution is -0.143. The molecule has 0 aliphatic carbocycles. The molecule has 1 rings (SSSR count). The Morgan fingerprint density at radius 1 is 1.30 bits per heavy atom. The van der Waals surface area contributed by atoms with Gasteiger partial charge in [0.05, 0.1) is 6.61 Å². The normalized spacial score (nSPS) is 10.2. The number of aromatic hydroxyl groups is 1. The molecule has 0 saturated carbocycles. The predicted molar refractivity (Wildman–Crippen MR) is 75.7 cm³/mol. The summed E-state index contributed by atoms with van der Waals surface area (Å²) in [6, 6.07) is 4.79. The van der Waals surface area contributed by atoms with Gasteiger partial charge < -0.3 is 14.7 Å². The fourth-order valence-electron chi connectivity index (χ4n) is 1.91. The van der Waals surface area contributed by atoms with Crippen LogP contribution in [-0.4, -0.2) is 41.6 Å². The van der Waals surface area contributed by atoms with Crippen molar-refractivity contribution < 1.29 is 19.4 Å². The van der Waals surface area contributed by atoms with Gasteiger partial charge in [0.15, 0.2) is 0 Å². The van der Waals surface area contributed by atoms with E-state index in [-0.39, 0.29) is 24.8 Å². The summed E-state index contributed by atoms with van der Waals surface area (Å²) in [5.41, 5.74) is 0.921. The zero-order chi connectivity index (χ0) is 15.1. The third-order valence-electron chi connectivity index (χ3n) is 2.94. The molecule has 0 atom stereocenters. The van der Waals surface area contributed by atoms with Crippen molar-refractivity contribution >= 4 is 11.9 Å². The molecule has 1 aromatic rings. The minimum atomic E-state index is -0.424. The molecule has 0 radical (unpaired) electrons. The molecule has 0 unspecified atom stereocenters. The van der Waals surface area contributed by atoms with Crippen molar-refractivity contribution in [3.63, 3.8) is 0 Å². The summed E-state index contributed by atoms with van der Waals surface area (Å²) in [4.78, 5) is 25.4. The lowest BCUT2D eigenvalue weighted by Gasteiger charge is -2.22. The average molecular weight is 279 g/mol. The number of rotatable bonds is 6. The Balaban J connectivity index is 2.93. The van der Waals surface area contributed by atoms with E-state index in [0.29, 0.717) is 17.7 Å². The highest BCUT2D eigenvalue weighted by molar-refractivity contribution is 5.97. The first-order chi connectivity index (χ1) is 9.51. The SMILES string of the molecule is CCCN(CC(=O)OCC)C(=O)c1cccc(O)c1C. The van der Waals surface area contributed by atoms with E-state index in [4.69, 9.17) is 4.74 Å². The molecule has 5 heteroatoms. The summed E-state index contributed by atoms with van der Waals surface area (Å²) < 4.78 is 4.88. The van der Waals surface area contributed by atoms with Crippen molar-refractivity contribution in [1.29, 1.82) is 0 Å². The maximum absolute atomic E-state index is 12.5. The minimum absolute atomic E-state index is 0.0726. The van der Waals surface area contributed by atoms with E-state index in [9.17, 15) is 14.7 Å². The smallest absolute Gasteiger partial charge is 0.325 e. The number of hydrogen-bond donors (Lipinski definition) is 1. The van der Waals surface area contributed by atoms with E-state index in [0.717, 1.165) is 6.42 Å². The number of carbonyl (C=O) groups excluding carboxylic acids is 2. The van der Waals surface area contributed by atoms with Gasteiger partial charge in [0.25, 0.3) is 5.91 Å². The molecule has 0 heterocycles. The molecule has 1 amide bonds. The van der Waals surface area contributed by atoms with Crippen molar-refractivity contribution in [3.05, 3.63) is 29.3 Å². The Morgan fingerprint density at radius 3 is 2.60 bits per heavy atom. The van der Waals surface area contributed by atoms with Gasteiger partial charge in [0.1, 0.15) is 12.3 Å². The van der Waals surface area contributed by atoms with Crippen LogP contribution in [0.1, 0.15) is 36.2 Å². The number of ether oxygens (including phenoxy) is 1. The summed E-state index contributed by atoms with van der Waals surface area (Å²) in [7, 11) is 0. The van der Waals surface area contributed by atoms with Gasteiger partial charge in [-0.1, -0.05) is 13.0 Å². The number of phenolic OH excluding ortho intramolecular Hbond substituents is 1. The molecule has 0 aliphatic heterocycles. The van der Waals surface area contributed by atoms with Gasteiger partial charge in [-0.2, -0.15) is 0 Å². The second-order valence-electron chi connectivity index (χ2n) is 4.48. The zero-order valence-corrected chi connectivity index (χ0v) is 12.2. The van der Waals surface area contributed by atoms with Gasteiger partial charge in [-0.25, -0.2) is 0 Å². The predicted octanol–water partition coefficient (Wildman–Crippen LogP) is 2.12. The van der Waals surface area contributed by atoms with Crippen LogP contribution in [0.25, 0.3) is 0 Å². The molecule has 0 fully saturated rings. The third-order valence-corrected chi connectivity index (χ3v) is 2.94. The van der Waals surface area contributed by atoms with Gasteiger partial charge in [-0.05, 0) is 32.4 Å². The molecule has 1 N–H and O–H groups in total. The molecule has 0 aliphatic rings. The lowest BCUT2D eigenvalue weighted by atomic mass is 10.1. The first kappa shape index (κ1) is 16.0. The molecular formula is C15H21NO4. The minimum Gasteiger partial charge on any atom is -0.508 e. The molecule has 0 aromatic heterocycles. The van der Waals surface area contributed by atoms with Crippen molar-refractivity contribution in [3.8, 4) is 5.75 Å². The fraction of sp³-hybridized carbons (Fsp3) is 0.467. The van der Waals surface area contributed by atoms with E-state index in [1.807, 2.05) is 6.92 Å². The zero-order valence-electron chi connectivity index (χ0n) is 12.2. The summed E-state index contributed by atoms with van der Waals surface area (Å²) >= 11 is 0. The van der Waals surface area contributed by atoms with Gasteiger partial charge in [-0.15, -0.1) is 0 Å². The van der Waals surface area contributed by atoms with Gasteiger partial charge in [0.2, 0.25) is 0 Å². The summed E-state index contributed by atoms with van der Waals surface area (Å²) in [5.74, 6) is -0.621. The molecule has 110 valence electrons. The highest BCUT2D eigenvalue weighted by atomic mass is 16.5. The summed E-state index contributed by atoms with van der Waals surface area (Å²) in [6.45, 7) is 6.02. The topological polar surface area (TPSA) is 66.8 Å². The van der Waals surface area contributed by atoms with Crippen molar-refractivity contribution in [2.45, 2.75) is 27.2 Å². The first-order valence-electron chi connectivity index (χ1n) is 6.74. The number of esters is 1. The summed E-state index contributed by atoms with van der Waals surface area (Å²) in [5, 5.41) is 9.66. The molecule has 5 nitrogen and oxygen atoms in total. The van der Waals surface area contributed by atoms with Crippen LogP contribution in [0.2, 0.25) is 0 Å². The van der Waals surface area contributed by atoms with Crippen molar-refractivity contribution in [2.75, 3.05) is 19.7 Å². The van der Waals surface area contributed by atoms with E-state index in [1.165, 1.54) is 11.0 Å². The number of amides is 1. The third kappa shape index (κ3) is 3.98. The Labute approximate surface area is 119 Å². The average Bonchev–Trinajstić information content (AvgIpc) is 2.41. The number of phenols is 1. The van der Waals surface area contributed by atoms with E-state index >= 15 is 0 Å². The highest BCUT2D eigenvalue weighted by Crippen LogP contribution is 2.21. The Morgan fingerprint density at radius 2 is 2.00 bits per heavy atom. The number of benzene rings is 1. The van der Waals surface area contributed by atoms with Gasteiger partial charge >= 0.3 is 5.97 Å². The maximum Gasteiger partial charge on any atom is 0.325 e. The first-order valence-corrected chi connectivity index (χ1v) is 6.74. The lowest BCUT2D eigenvalue weighted by Crippen LogP contribution is -2.37. The van der Waals surface area contributed by atoms with E-state index in [2.05, 4.69) is 0 Å². The Hall–Kier alpha value is -2.04. The molecule has 0 spiro atoms. The molecule has 0 saturated heterocycles.